The number of ether oxygens (including phenoxy) is 6. The molecule has 0 saturated carbocycles. The summed E-state index contributed by atoms with van der Waals surface area (Å²) in [5.41, 5.74) is 0. The molecule has 0 aromatic carbocycles. The summed E-state index contributed by atoms with van der Waals surface area (Å²) in [4.78, 5) is 79.8. The Hall–Kier alpha value is -6.30. The molecule has 0 aliphatic heterocycles. The molecule has 126 heavy (non-hydrogen) atoms. The second-order valence-corrected chi connectivity index (χ2v) is 35.2. The maximum atomic E-state index is 13.8. The minimum Gasteiger partial charge on any atom is -0.462 e. The predicted octanol–water partition coefficient (Wildman–Crippen LogP) is 34.6. The largest absolute Gasteiger partial charge is 0.462 e. The summed E-state index contributed by atoms with van der Waals surface area (Å²) >= 11 is 0. The van der Waals surface area contributed by atoms with E-state index in [1.54, 1.807) is 0 Å². The molecule has 0 aliphatic rings. The topological polar surface area (TPSA) is 158 Å². The van der Waals surface area contributed by atoms with Crippen LogP contribution in [0.2, 0.25) is 0 Å². The van der Waals surface area contributed by atoms with Crippen LogP contribution in [0.5, 0.6) is 0 Å². The first kappa shape index (κ1) is 120. The van der Waals surface area contributed by atoms with Crippen LogP contribution in [0.1, 0.15) is 503 Å². The third-order valence-electron chi connectivity index (χ3n) is 23.0. The van der Waals surface area contributed by atoms with Crippen LogP contribution in [-0.4, -0.2) is 73.9 Å². The molecule has 0 spiro atoms. The molecule has 0 fully saturated rings. The maximum absolute atomic E-state index is 13.8. The van der Waals surface area contributed by atoms with Gasteiger partial charge in [0.25, 0.3) is 0 Å². The SMILES string of the molecule is CCC=CCC=CCC=CCCCCCCCC(=O)OCC(COC(=O)CCCCCCCC=CCC=CCC=CCCC(OC(=O)CCCCCCCC=CCCCCCCCC)C(COC(=O)CCCCCCCC=CCCCCCCCC)OC(=O)CCCCCCCC=CCCCCCCCC)OC(=O)CCCCCCCC=CCC=CCC=CCC. The fraction of sp³-hybridized carbons (Fsp3) is 0.737. The Balaban J connectivity index is 5.58. The van der Waals surface area contributed by atoms with Gasteiger partial charge in [-0.25, -0.2) is 0 Å². The molecule has 12 nitrogen and oxygen atoms in total. The van der Waals surface area contributed by atoms with Gasteiger partial charge in [0.2, 0.25) is 0 Å². The van der Waals surface area contributed by atoms with Gasteiger partial charge in [-0.3, -0.25) is 28.8 Å². The van der Waals surface area contributed by atoms with Gasteiger partial charge in [0.1, 0.15) is 25.9 Å². The minimum absolute atomic E-state index is 0.137. The van der Waals surface area contributed by atoms with Crippen molar-refractivity contribution in [3.05, 3.63) is 146 Å². The third-order valence-corrected chi connectivity index (χ3v) is 23.0. The summed E-state index contributed by atoms with van der Waals surface area (Å²) in [6.07, 6.45) is 125. The Morgan fingerprint density at radius 3 is 0.635 bits per heavy atom. The first-order valence-corrected chi connectivity index (χ1v) is 52.9. The summed E-state index contributed by atoms with van der Waals surface area (Å²) in [5, 5.41) is 0. The highest BCUT2D eigenvalue weighted by molar-refractivity contribution is 5.72. The zero-order valence-corrected chi connectivity index (χ0v) is 82.2. The fourth-order valence-electron chi connectivity index (χ4n) is 15.0. The van der Waals surface area contributed by atoms with E-state index in [1.807, 2.05) is 0 Å². The first-order chi connectivity index (χ1) is 62.1. The fourth-order valence-corrected chi connectivity index (χ4v) is 15.0. The van der Waals surface area contributed by atoms with Crippen molar-refractivity contribution in [2.24, 2.45) is 0 Å². The first-order valence-electron chi connectivity index (χ1n) is 52.9. The Kier molecular flexibility index (Phi) is 97.3. The molecule has 0 N–H and O–H groups in total. The Labute approximate surface area is 775 Å². The van der Waals surface area contributed by atoms with E-state index in [0.29, 0.717) is 38.5 Å². The average molecular weight is 1760 g/mol. The van der Waals surface area contributed by atoms with E-state index < -0.39 is 18.3 Å². The highest BCUT2D eigenvalue weighted by Crippen LogP contribution is 2.22. The summed E-state index contributed by atoms with van der Waals surface area (Å²) in [7, 11) is 0. The molecule has 0 radical (unpaired) electrons. The number of carbonyl (C=O) groups excluding carboxylic acids is 6. The lowest BCUT2D eigenvalue weighted by Crippen LogP contribution is -2.39. The molecule has 0 aliphatic carbocycles. The predicted molar refractivity (Wildman–Crippen MR) is 538 cm³/mol. The second kappa shape index (κ2) is 102. The standard InChI is InChI=1S/C114H194O12/c1-6-11-16-21-26-31-36-41-47-55-62-69-76-83-90-97-109(115)121-103-106(124-112(118)100-93-86-79-72-65-58-49-43-38-33-28-23-18-13-8-3)104-122-110(116)98-91-84-77-70-63-57-53-46-52-54-61-68-75-82-89-96-107(125-113(119)101-94-87-80-73-66-59-50-44-39-34-29-24-19-14-9-4)108(126-114(120)102-95-88-81-74-67-60-51-45-40-35-30-25-20-15-10-5)105-123-111(117)99-92-85-78-71-64-56-48-42-37-32-27-22-17-12-7-2/h11,13,16,18,26,28,31,33,41-51,53-54,61,75,82,106-108H,6-10,12,14-15,17,19-25,27,29-30,32,34-40,52,55-60,62-74,76-81,83-105H2,1-5H3. The number of rotatable bonds is 96. The zero-order chi connectivity index (χ0) is 91.1. The maximum Gasteiger partial charge on any atom is 0.306 e. The molecule has 0 amide bonds. The van der Waals surface area contributed by atoms with E-state index in [-0.39, 0.29) is 81.3 Å². The lowest BCUT2D eigenvalue weighted by atomic mass is 10.1. The Morgan fingerprint density at radius 1 is 0.183 bits per heavy atom. The van der Waals surface area contributed by atoms with Gasteiger partial charge >= 0.3 is 35.8 Å². The van der Waals surface area contributed by atoms with Gasteiger partial charge in [0.15, 0.2) is 12.2 Å². The zero-order valence-electron chi connectivity index (χ0n) is 82.2. The second-order valence-electron chi connectivity index (χ2n) is 35.2. The number of esters is 6. The van der Waals surface area contributed by atoms with E-state index >= 15 is 0 Å². The molecule has 0 aromatic heterocycles. The van der Waals surface area contributed by atoms with Crippen molar-refractivity contribution in [3.63, 3.8) is 0 Å². The molecule has 0 heterocycles. The van der Waals surface area contributed by atoms with Crippen LogP contribution in [0.25, 0.3) is 0 Å². The number of allylic oxidation sites excluding steroid dienone is 24. The highest BCUT2D eigenvalue weighted by atomic mass is 16.6. The van der Waals surface area contributed by atoms with E-state index in [2.05, 4.69) is 180 Å². The molecule has 3 atom stereocenters. The van der Waals surface area contributed by atoms with Crippen molar-refractivity contribution < 1.29 is 57.2 Å². The van der Waals surface area contributed by atoms with Crippen molar-refractivity contribution in [1.82, 2.24) is 0 Å². The van der Waals surface area contributed by atoms with Crippen LogP contribution in [0.15, 0.2) is 146 Å². The number of hydrogen-bond acceptors (Lipinski definition) is 12. The van der Waals surface area contributed by atoms with Gasteiger partial charge < -0.3 is 28.4 Å². The number of unbranched alkanes of at least 4 members (excludes halogenated alkanes) is 48. The number of hydrogen-bond donors (Lipinski definition) is 0. The van der Waals surface area contributed by atoms with Crippen molar-refractivity contribution in [3.8, 4) is 0 Å². The summed E-state index contributed by atoms with van der Waals surface area (Å²) in [6, 6.07) is 0. The van der Waals surface area contributed by atoms with E-state index in [4.69, 9.17) is 28.4 Å². The third kappa shape index (κ3) is 95.3. The Morgan fingerprint density at radius 2 is 0.373 bits per heavy atom. The lowest BCUT2D eigenvalue weighted by Gasteiger charge is -2.27. The molecule has 12 heteroatoms. The quantitative estimate of drug-likeness (QED) is 0.0246. The summed E-state index contributed by atoms with van der Waals surface area (Å²) in [5.74, 6) is -2.00. The smallest absolute Gasteiger partial charge is 0.306 e. The van der Waals surface area contributed by atoms with E-state index in [0.717, 1.165) is 270 Å². The van der Waals surface area contributed by atoms with Crippen LogP contribution in [0, 0.1) is 0 Å². The molecule has 3 unspecified atom stereocenters. The van der Waals surface area contributed by atoms with Crippen LogP contribution >= 0.6 is 0 Å². The molecular formula is C114H194O12. The molecule has 0 aromatic rings. The lowest BCUT2D eigenvalue weighted by molar-refractivity contribution is -0.176. The monoisotopic (exact) mass is 1760 g/mol. The highest BCUT2D eigenvalue weighted by Gasteiger charge is 2.30. The average Bonchev–Trinajstić information content (AvgIpc) is 0.885. The summed E-state index contributed by atoms with van der Waals surface area (Å²) < 4.78 is 35.5. The molecule has 722 valence electrons. The summed E-state index contributed by atoms with van der Waals surface area (Å²) in [6.45, 7) is 10.7. The van der Waals surface area contributed by atoms with Gasteiger partial charge in [-0.2, -0.15) is 0 Å². The van der Waals surface area contributed by atoms with Crippen LogP contribution in [0.4, 0.5) is 0 Å². The van der Waals surface area contributed by atoms with Gasteiger partial charge in [0.05, 0.1) is 0 Å². The van der Waals surface area contributed by atoms with Crippen molar-refractivity contribution in [2.45, 2.75) is 522 Å². The molecule has 0 bridgehead atoms. The van der Waals surface area contributed by atoms with Crippen LogP contribution < -0.4 is 0 Å². The minimum atomic E-state index is -0.906. The van der Waals surface area contributed by atoms with Gasteiger partial charge in [-0.05, 0) is 218 Å². The molecule has 0 saturated heterocycles. The van der Waals surface area contributed by atoms with E-state index in [9.17, 15) is 28.8 Å². The van der Waals surface area contributed by atoms with Gasteiger partial charge in [-0.15, -0.1) is 0 Å². The van der Waals surface area contributed by atoms with Gasteiger partial charge in [0, 0.05) is 38.5 Å². The van der Waals surface area contributed by atoms with Crippen molar-refractivity contribution >= 4 is 35.8 Å². The Bertz CT molecular complexity index is 2810. The number of carbonyl (C=O) groups is 6. The molecule has 0 rings (SSSR count). The normalized spacial score (nSPS) is 13.0. The van der Waals surface area contributed by atoms with E-state index in [1.165, 1.54) is 135 Å². The van der Waals surface area contributed by atoms with Crippen molar-refractivity contribution in [1.29, 1.82) is 0 Å². The molecular weight excluding hydrogens is 1560 g/mol. The van der Waals surface area contributed by atoms with Crippen LogP contribution in [-0.2, 0) is 57.2 Å². The van der Waals surface area contributed by atoms with Crippen molar-refractivity contribution in [2.75, 3.05) is 19.8 Å². The van der Waals surface area contributed by atoms with Gasteiger partial charge in [-0.1, -0.05) is 392 Å². The van der Waals surface area contributed by atoms with Crippen LogP contribution in [0.3, 0.4) is 0 Å².